The Bertz CT molecular complexity index is 354. The molecule has 0 spiro atoms. The molecule has 4 nitrogen and oxygen atoms in total. The van der Waals surface area contributed by atoms with Gasteiger partial charge in [-0.3, -0.25) is 4.90 Å². The van der Waals surface area contributed by atoms with Gasteiger partial charge < -0.3 is 15.2 Å². The second kappa shape index (κ2) is 8.15. The minimum atomic E-state index is -0.0162. The van der Waals surface area contributed by atoms with Crippen LogP contribution in [-0.2, 0) is 4.74 Å². The lowest BCUT2D eigenvalue weighted by atomic mass is 10.0. The summed E-state index contributed by atoms with van der Waals surface area (Å²) in [4.78, 5) is 2.23. The highest BCUT2D eigenvalue weighted by Crippen LogP contribution is 2.20. The first-order valence-electron chi connectivity index (χ1n) is 6.77. The fourth-order valence-corrected chi connectivity index (χ4v) is 1.94. The number of rotatable bonds is 8. The number of benzene rings is 1. The van der Waals surface area contributed by atoms with E-state index in [1.807, 2.05) is 31.2 Å². The Kier molecular flexibility index (Phi) is 6.84. The summed E-state index contributed by atoms with van der Waals surface area (Å²) in [6.45, 7) is 6.53. The first kappa shape index (κ1) is 16.0. The minimum Gasteiger partial charge on any atom is -0.497 e. The molecule has 0 aliphatic rings. The summed E-state index contributed by atoms with van der Waals surface area (Å²) >= 11 is 0. The number of likely N-dealkylation sites (N-methyl/N-ethyl adjacent to an activating group) is 1. The zero-order valence-electron chi connectivity index (χ0n) is 12.4. The van der Waals surface area contributed by atoms with E-state index in [9.17, 15) is 0 Å². The van der Waals surface area contributed by atoms with Gasteiger partial charge in [-0.2, -0.15) is 0 Å². The van der Waals surface area contributed by atoms with Crippen molar-refractivity contribution in [2.75, 3.05) is 33.9 Å². The maximum absolute atomic E-state index is 6.31. The summed E-state index contributed by atoms with van der Waals surface area (Å²) in [5.74, 6) is 0.855. The maximum atomic E-state index is 6.31. The molecule has 0 heterocycles. The molecule has 1 aromatic carbocycles. The first-order valence-corrected chi connectivity index (χ1v) is 6.77. The van der Waals surface area contributed by atoms with Crippen molar-refractivity contribution >= 4 is 0 Å². The van der Waals surface area contributed by atoms with Gasteiger partial charge in [0, 0.05) is 25.2 Å². The van der Waals surface area contributed by atoms with E-state index >= 15 is 0 Å². The van der Waals surface area contributed by atoms with Gasteiger partial charge in [0.2, 0.25) is 0 Å². The molecule has 0 aliphatic heterocycles. The molecule has 0 aliphatic carbocycles. The van der Waals surface area contributed by atoms with Crippen molar-refractivity contribution in [2.45, 2.75) is 25.9 Å². The third-order valence-corrected chi connectivity index (χ3v) is 3.51. The number of ether oxygens (including phenoxy) is 2. The van der Waals surface area contributed by atoms with Crippen LogP contribution in [0.25, 0.3) is 0 Å². The average Bonchev–Trinajstić information content (AvgIpc) is 2.46. The molecule has 2 atom stereocenters. The fourth-order valence-electron chi connectivity index (χ4n) is 1.94. The normalized spacial score (nSPS) is 14.4. The number of hydrogen-bond donors (Lipinski definition) is 1. The molecule has 2 unspecified atom stereocenters. The second-order valence-electron chi connectivity index (χ2n) is 4.72. The van der Waals surface area contributed by atoms with Crippen LogP contribution in [0.1, 0.15) is 25.5 Å². The molecular weight excluding hydrogens is 240 g/mol. The number of hydrogen-bond acceptors (Lipinski definition) is 4. The summed E-state index contributed by atoms with van der Waals surface area (Å²) in [7, 11) is 3.74. The maximum Gasteiger partial charge on any atom is 0.118 e. The molecule has 19 heavy (non-hydrogen) atoms. The molecule has 4 heteroatoms. The Morgan fingerprint density at radius 3 is 2.42 bits per heavy atom. The van der Waals surface area contributed by atoms with Gasteiger partial charge >= 0.3 is 0 Å². The number of nitrogens with two attached hydrogens (primary N) is 1. The topological polar surface area (TPSA) is 47.7 Å². The highest BCUT2D eigenvalue weighted by Gasteiger charge is 2.18. The molecule has 0 aromatic heterocycles. The third-order valence-electron chi connectivity index (χ3n) is 3.51. The molecule has 1 aromatic rings. The van der Waals surface area contributed by atoms with Gasteiger partial charge in [-0.05, 0) is 38.6 Å². The summed E-state index contributed by atoms with van der Waals surface area (Å²) in [5, 5.41) is 0. The molecule has 0 saturated carbocycles. The zero-order chi connectivity index (χ0) is 14.3. The predicted molar refractivity (Wildman–Crippen MR) is 78.5 cm³/mol. The van der Waals surface area contributed by atoms with Crippen molar-refractivity contribution < 1.29 is 9.47 Å². The molecule has 1 rings (SSSR count). The van der Waals surface area contributed by atoms with Crippen molar-refractivity contribution in [3.05, 3.63) is 29.8 Å². The van der Waals surface area contributed by atoms with Gasteiger partial charge in [0.25, 0.3) is 0 Å². The van der Waals surface area contributed by atoms with Crippen LogP contribution in [-0.4, -0.2) is 44.9 Å². The predicted octanol–water partition coefficient (Wildman–Crippen LogP) is 2.05. The SMILES string of the molecule is CCOCCN(C)C(C)C(N)c1ccc(OC)cc1. The largest absolute Gasteiger partial charge is 0.497 e. The van der Waals surface area contributed by atoms with E-state index in [0.29, 0.717) is 0 Å². The van der Waals surface area contributed by atoms with Crippen LogP contribution >= 0.6 is 0 Å². The quantitative estimate of drug-likeness (QED) is 0.732. The monoisotopic (exact) mass is 266 g/mol. The molecule has 0 radical (unpaired) electrons. The molecule has 0 saturated heterocycles. The minimum absolute atomic E-state index is 0.0162. The van der Waals surface area contributed by atoms with Crippen molar-refractivity contribution in [2.24, 2.45) is 5.73 Å². The van der Waals surface area contributed by atoms with E-state index in [4.69, 9.17) is 15.2 Å². The van der Waals surface area contributed by atoms with Gasteiger partial charge in [-0.1, -0.05) is 12.1 Å². The van der Waals surface area contributed by atoms with E-state index in [-0.39, 0.29) is 12.1 Å². The lowest BCUT2D eigenvalue weighted by Crippen LogP contribution is -2.40. The highest BCUT2D eigenvalue weighted by atomic mass is 16.5. The van der Waals surface area contributed by atoms with Crippen molar-refractivity contribution in [1.29, 1.82) is 0 Å². The Hall–Kier alpha value is -1.10. The van der Waals surface area contributed by atoms with E-state index in [0.717, 1.165) is 31.1 Å². The summed E-state index contributed by atoms with van der Waals surface area (Å²) in [6, 6.07) is 8.18. The Morgan fingerprint density at radius 1 is 1.26 bits per heavy atom. The fraction of sp³-hybridized carbons (Fsp3) is 0.600. The first-order chi connectivity index (χ1) is 9.10. The Balaban J connectivity index is 2.56. The molecule has 2 N–H and O–H groups in total. The van der Waals surface area contributed by atoms with Crippen LogP contribution in [0.5, 0.6) is 5.75 Å². The van der Waals surface area contributed by atoms with E-state index in [1.165, 1.54) is 0 Å². The smallest absolute Gasteiger partial charge is 0.118 e. The molecule has 0 amide bonds. The van der Waals surface area contributed by atoms with Crippen LogP contribution in [0.2, 0.25) is 0 Å². The number of nitrogens with zero attached hydrogens (tertiary/aromatic N) is 1. The van der Waals surface area contributed by atoms with E-state index < -0.39 is 0 Å². The molecule has 108 valence electrons. The van der Waals surface area contributed by atoms with E-state index in [2.05, 4.69) is 18.9 Å². The van der Waals surface area contributed by atoms with Crippen molar-refractivity contribution in [3.63, 3.8) is 0 Å². The molecule has 0 fully saturated rings. The summed E-state index contributed by atoms with van der Waals surface area (Å²) < 4.78 is 10.5. The highest BCUT2D eigenvalue weighted by molar-refractivity contribution is 5.29. The van der Waals surface area contributed by atoms with E-state index in [1.54, 1.807) is 7.11 Å². The lowest BCUT2D eigenvalue weighted by Gasteiger charge is -2.29. The van der Waals surface area contributed by atoms with Gasteiger partial charge in [-0.15, -0.1) is 0 Å². The second-order valence-corrected chi connectivity index (χ2v) is 4.72. The van der Waals surface area contributed by atoms with Crippen LogP contribution in [0.4, 0.5) is 0 Å². The van der Waals surface area contributed by atoms with Crippen molar-refractivity contribution in [1.82, 2.24) is 4.90 Å². The summed E-state index contributed by atoms with van der Waals surface area (Å²) in [6.07, 6.45) is 0. The van der Waals surface area contributed by atoms with Crippen LogP contribution in [0, 0.1) is 0 Å². The number of methoxy groups -OCH3 is 1. The standard InChI is InChI=1S/C15H26N2O2/c1-5-19-11-10-17(3)12(2)15(16)13-6-8-14(18-4)9-7-13/h6-9,12,15H,5,10-11,16H2,1-4H3. The third kappa shape index (κ3) is 4.82. The van der Waals surface area contributed by atoms with Crippen LogP contribution < -0.4 is 10.5 Å². The van der Waals surface area contributed by atoms with Crippen molar-refractivity contribution in [3.8, 4) is 5.75 Å². The van der Waals surface area contributed by atoms with Gasteiger partial charge in [-0.25, -0.2) is 0 Å². The van der Waals surface area contributed by atoms with Gasteiger partial charge in [0.1, 0.15) is 5.75 Å². The van der Waals surface area contributed by atoms with Crippen LogP contribution in [0.15, 0.2) is 24.3 Å². The van der Waals surface area contributed by atoms with Gasteiger partial charge in [0.05, 0.1) is 13.7 Å². The van der Waals surface area contributed by atoms with Gasteiger partial charge in [0.15, 0.2) is 0 Å². The zero-order valence-corrected chi connectivity index (χ0v) is 12.4. The molecule has 0 bridgehead atoms. The summed E-state index contributed by atoms with van der Waals surface area (Å²) in [5.41, 5.74) is 7.43. The van der Waals surface area contributed by atoms with Crippen LogP contribution in [0.3, 0.4) is 0 Å². The average molecular weight is 266 g/mol. The Labute approximate surface area is 116 Å². The Morgan fingerprint density at radius 2 is 1.89 bits per heavy atom. The molecular formula is C15H26N2O2. The lowest BCUT2D eigenvalue weighted by molar-refractivity contribution is 0.105.